The molecule has 1 aliphatic rings. The monoisotopic (exact) mass is 319 g/mol. The maximum absolute atomic E-state index is 11.7. The van der Waals surface area contributed by atoms with Gasteiger partial charge in [-0.3, -0.25) is 18.9 Å². The third-order valence-electron chi connectivity index (χ3n) is 2.57. The lowest BCUT2D eigenvalue weighted by Gasteiger charge is -2.12. The topological polar surface area (TPSA) is 171 Å². The number of nitrogens with two attached hydrogens (primary N) is 1. The molecular weight excluding hydrogens is 309 g/mol. The molecule has 0 aromatic carbocycles. The fourth-order valence-electron chi connectivity index (χ4n) is 1.64. The molecule has 11 nitrogen and oxygen atoms in total. The van der Waals surface area contributed by atoms with E-state index in [2.05, 4.69) is 9.51 Å². The van der Waals surface area contributed by atoms with Gasteiger partial charge in [0.15, 0.2) is 6.10 Å². The molecular formula is C9H10N3O8P. The summed E-state index contributed by atoms with van der Waals surface area (Å²) >= 11 is 0. The number of Topliss-reactive ketones (excluding diaryl/α,β-unsaturated/α-hetero) is 2. The van der Waals surface area contributed by atoms with E-state index in [1.165, 1.54) is 0 Å². The van der Waals surface area contributed by atoms with E-state index in [4.69, 9.17) is 20.3 Å². The van der Waals surface area contributed by atoms with Gasteiger partial charge in [0.25, 0.3) is 11.7 Å². The molecule has 1 fully saturated rings. The number of imidazole rings is 1. The molecule has 0 aliphatic carbocycles. The molecule has 1 aliphatic heterocycles. The zero-order chi connectivity index (χ0) is 15.8. The van der Waals surface area contributed by atoms with Gasteiger partial charge in [-0.25, -0.2) is 9.55 Å². The quantitative estimate of drug-likeness (QED) is 0.415. The van der Waals surface area contributed by atoms with Crippen LogP contribution in [0.1, 0.15) is 16.7 Å². The number of aromatic nitrogens is 2. The molecule has 21 heavy (non-hydrogen) atoms. The molecule has 0 unspecified atom stereocenters. The van der Waals surface area contributed by atoms with Crippen LogP contribution in [0.5, 0.6) is 0 Å². The summed E-state index contributed by atoms with van der Waals surface area (Å²) in [5, 5.41) is 0. The van der Waals surface area contributed by atoms with Gasteiger partial charge in [-0.1, -0.05) is 0 Å². The Balaban J connectivity index is 2.12. The Morgan fingerprint density at radius 1 is 1.48 bits per heavy atom. The van der Waals surface area contributed by atoms with Gasteiger partial charge in [-0.15, -0.1) is 0 Å². The number of rotatable bonds is 5. The predicted octanol–water partition coefficient (Wildman–Crippen LogP) is -1.87. The first-order valence-corrected chi connectivity index (χ1v) is 6.99. The lowest BCUT2D eigenvalue weighted by Crippen LogP contribution is -2.24. The molecule has 12 heteroatoms. The second-order valence-electron chi connectivity index (χ2n) is 4.06. The number of hydrogen-bond acceptors (Lipinski definition) is 7. The molecule has 2 atom stereocenters. The van der Waals surface area contributed by atoms with Crippen LogP contribution in [0.25, 0.3) is 0 Å². The van der Waals surface area contributed by atoms with Crippen LogP contribution in [0.4, 0.5) is 0 Å². The molecule has 1 amide bonds. The Bertz CT molecular complexity index is 649. The minimum absolute atomic E-state index is 0.131. The molecule has 2 rings (SSSR count). The highest BCUT2D eigenvalue weighted by atomic mass is 31.2. The molecule has 114 valence electrons. The van der Waals surface area contributed by atoms with Gasteiger partial charge in [0, 0.05) is 6.20 Å². The SMILES string of the molecule is NC(=O)c1cn([C@@H]2O[C@H](COP(=O)(O)O)C(=O)C2=O)cn1. The van der Waals surface area contributed by atoms with Gasteiger partial charge in [0.05, 0.1) is 12.9 Å². The number of hydrogen-bond donors (Lipinski definition) is 3. The summed E-state index contributed by atoms with van der Waals surface area (Å²) < 4.78 is 20.8. The van der Waals surface area contributed by atoms with Crippen LogP contribution in [0, 0.1) is 0 Å². The van der Waals surface area contributed by atoms with Crippen LogP contribution in [-0.4, -0.2) is 49.5 Å². The maximum Gasteiger partial charge on any atom is 0.469 e. The third-order valence-corrected chi connectivity index (χ3v) is 3.06. The summed E-state index contributed by atoms with van der Waals surface area (Å²) in [6, 6.07) is 0. The van der Waals surface area contributed by atoms with E-state index in [1.807, 2.05) is 0 Å². The highest BCUT2D eigenvalue weighted by molar-refractivity contribution is 7.46. The number of ether oxygens (including phenoxy) is 1. The number of primary amides is 1. The van der Waals surface area contributed by atoms with E-state index in [9.17, 15) is 18.9 Å². The van der Waals surface area contributed by atoms with Crippen LogP contribution in [-0.2, 0) is 23.4 Å². The second kappa shape index (κ2) is 5.47. The summed E-state index contributed by atoms with van der Waals surface area (Å²) in [4.78, 5) is 55.0. The fourth-order valence-corrected chi connectivity index (χ4v) is 1.97. The molecule has 0 saturated carbocycles. The van der Waals surface area contributed by atoms with Gasteiger partial charge in [-0.05, 0) is 0 Å². The van der Waals surface area contributed by atoms with Crippen molar-refractivity contribution >= 4 is 25.3 Å². The standard InChI is InChI=1S/C9H10N3O8P/c10-8(15)4-1-12(3-11-4)9-7(14)6(13)5(20-9)2-19-21(16,17)18/h1,3,5,9H,2H2,(H2,10,15)(H2,16,17,18)/t5-,9-/m1/s1. The van der Waals surface area contributed by atoms with Crippen molar-refractivity contribution in [1.29, 1.82) is 0 Å². The predicted molar refractivity (Wildman–Crippen MR) is 62.7 cm³/mol. The number of phosphoric ester groups is 1. The van der Waals surface area contributed by atoms with Crippen LogP contribution in [0.15, 0.2) is 12.5 Å². The fraction of sp³-hybridized carbons (Fsp3) is 0.333. The second-order valence-corrected chi connectivity index (χ2v) is 5.30. The first-order valence-electron chi connectivity index (χ1n) is 5.46. The average Bonchev–Trinajstić information content (AvgIpc) is 2.94. The van der Waals surface area contributed by atoms with Crippen molar-refractivity contribution in [2.75, 3.05) is 6.61 Å². The van der Waals surface area contributed by atoms with E-state index < -0.39 is 44.2 Å². The van der Waals surface area contributed by atoms with Crippen molar-refractivity contribution < 1.29 is 38.0 Å². The molecule has 1 saturated heterocycles. The molecule has 4 N–H and O–H groups in total. The summed E-state index contributed by atoms with van der Waals surface area (Å²) in [5.41, 5.74) is 4.87. The van der Waals surface area contributed by atoms with Gasteiger partial charge >= 0.3 is 7.82 Å². The molecule has 1 aromatic heterocycles. The van der Waals surface area contributed by atoms with Crippen molar-refractivity contribution in [3.05, 3.63) is 18.2 Å². The van der Waals surface area contributed by atoms with E-state index in [0.717, 1.165) is 17.1 Å². The van der Waals surface area contributed by atoms with Crippen molar-refractivity contribution in [2.24, 2.45) is 5.73 Å². The number of carbonyl (C=O) groups is 3. The number of nitrogens with zero attached hydrogens (tertiary/aromatic N) is 2. The largest absolute Gasteiger partial charge is 0.469 e. The number of ketones is 2. The number of carbonyl (C=O) groups excluding carboxylic acids is 3. The Kier molecular flexibility index (Phi) is 4.03. The Labute approximate surface area is 116 Å². The molecule has 0 radical (unpaired) electrons. The normalized spacial score (nSPS) is 22.8. The van der Waals surface area contributed by atoms with Gasteiger partial charge in [0.2, 0.25) is 12.0 Å². The number of phosphoric acid groups is 1. The van der Waals surface area contributed by atoms with E-state index in [-0.39, 0.29) is 5.69 Å². The van der Waals surface area contributed by atoms with E-state index >= 15 is 0 Å². The minimum Gasteiger partial charge on any atom is -0.364 e. The van der Waals surface area contributed by atoms with Crippen LogP contribution in [0.2, 0.25) is 0 Å². The minimum atomic E-state index is -4.79. The summed E-state index contributed by atoms with van der Waals surface area (Å²) in [6.45, 7) is -0.775. The smallest absolute Gasteiger partial charge is 0.364 e. The lowest BCUT2D eigenvalue weighted by molar-refractivity contribution is -0.136. The molecule has 0 spiro atoms. The van der Waals surface area contributed by atoms with Crippen molar-refractivity contribution in [3.8, 4) is 0 Å². The first kappa shape index (κ1) is 15.5. The van der Waals surface area contributed by atoms with Crippen LogP contribution in [0.3, 0.4) is 0 Å². The lowest BCUT2D eigenvalue weighted by atomic mass is 10.2. The Morgan fingerprint density at radius 3 is 2.67 bits per heavy atom. The summed E-state index contributed by atoms with van der Waals surface area (Å²) in [7, 11) is -4.79. The molecule has 1 aromatic rings. The number of amides is 1. The van der Waals surface area contributed by atoms with E-state index in [0.29, 0.717) is 0 Å². The third kappa shape index (κ3) is 3.40. The molecule has 0 bridgehead atoms. The highest BCUT2D eigenvalue weighted by Gasteiger charge is 2.44. The highest BCUT2D eigenvalue weighted by Crippen LogP contribution is 2.37. The Morgan fingerprint density at radius 2 is 2.14 bits per heavy atom. The maximum atomic E-state index is 11.7. The zero-order valence-corrected chi connectivity index (χ0v) is 11.2. The first-order chi connectivity index (χ1) is 9.69. The van der Waals surface area contributed by atoms with Gasteiger partial charge < -0.3 is 24.8 Å². The van der Waals surface area contributed by atoms with Crippen LogP contribution >= 0.6 is 7.82 Å². The Hall–Kier alpha value is -1.91. The van der Waals surface area contributed by atoms with Crippen molar-refractivity contribution in [1.82, 2.24) is 9.55 Å². The average molecular weight is 319 g/mol. The molecule has 2 heterocycles. The zero-order valence-electron chi connectivity index (χ0n) is 10.3. The summed E-state index contributed by atoms with van der Waals surface area (Å²) in [6.07, 6.45) is -0.648. The van der Waals surface area contributed by atoms with Gasteiger partial charge in [-0.2, -0.15) is 0 Å². The van der Waals surface area contributed by atoms with Crippen LogP contribution < -0.4 is 5.73 Å². The van der Waals surface area contributed by atoms with Crippen molar-refractivity contribution in [3.63, 3.8) is 0 Å². The van der Waals surface area contributed by atoms with E-state index in [1.54, 1.807) is 0 Å². The van der Waals surface area contributed by atoms with Gasteiger partial charge in [0.1, 0.15) is 5.69 Å². The van der Waals surface area contributed by atoms with Crippen molar-refractivity contribution in [2.45, 2.75) is 12.3 Å². The summed E-state index contributed by atoms with van der Waals surface area (Å²) in [5.74, 6) is -2.78.